The van der Waals surface area contributed by atoms with Gasteiger partial charge in [-0.2, -0.15) is 0 Å². The van der Waals surface area contributed by atoms with Crippen LogP contribution in [0.1, 0.15) is 0 Å². The van der Waals surface area contributed by atoms with Gasteiger partial charge in [-0.05, 0) is 6.08 Å². The molecule has 1 aliphatic heterocycles. The minimum atomic E-state index is 0.542. The molecule has 0 fully saturated rings. The highest BCUT2D eigenvalue weighted by atomic mass is 32.2. The van der Waals surface area contributed by atoms with Crippen molar-refractivity contribution in [2.24, 2.45) is 5.16 Å². The van der Waals surface area contributed by atoms with Gasteiger partial charge in [-0.1, -0.05) is 17.3 Å². The van der Waals surface area contributed by atoms with Crippen molar-refractivity contribution in [3.8, 4) is 0 Å². The third-order valence-corrected chi connectivity index (χ3v) is 2.35. The minimum absolute atomic E-state index is 0.542. The molecule has 0 amide bonds. The smallest absolute Gasteiger partial charge is 0.106 e. The average molecular weight is 200 g/mol. The Hall–Kier alpha value is -0.940. The molecule has 0 spiro atoms. The molecule has 0 aromatic carbocycles. The Labute approximate surface area is 81.5 Å². The molecule has 0 aromatic heterocycles. The van der Waals surface area contributed by atoms with Crippen molar-refractivity contribution in [3.63, 3.8) is 0 Å². The van der Waals surface area contributed by atoms with Gasteiger partial charge in [0.1, 0.15) is 7.11 Å². The highest BCUT2D eigenvalue weighted by Crippen LogP contribution is 2.20. The summed E-state index contributed by atoms with van der Waals surface area (Å²) in [5.41, 5.74) is 0. The summed E-state index contributed by atoms with van der Waals surface area (Å²) >= 11 is 1.50. The first-order valence-electron chi connectivity index (χ1n) is 3.85. The lowest BCUT2D eigenvalue weighted by Crippen LogP contribution is -2.18. The third kappa shape index (κ3) is 3.52. The minimum Gasteiger partial charge on any atom is -0.399 e. The van der Waals surface area contributed by atoms with Crippen molar-refractivity contribution in [2.75, 3.05) is 19.4 Å². The van der Waals surface area contributed by atoms with E-state index < -0.39 is 0 Å². The van der Waals surface area contributed by atoms with E-state index in [0.29, 0.717) is 12.3 Å². The van der Waals surface area contributed by atoms with Crippen molar-refractivity contribution < 1.29 is 10.0 Å². The van der Waals surface area contributed by atoms with Gasteiger partial charge in [-0.15, -0.1) is 11.8 Å². The summed E-state index contributed by atoms with van der Waals surface area (Å²) in [6.07, 6.45) is 7.31. The lowest BCUT2D eigenvalue weighted by Gasteiger charge is -2.19. The molecular formula is C8H12N2O2S. The van der Waals surface area contributed by atoms with Crippen molar-refractivity contribution in [1.29, 1.82) is 0 Å². The fourth-order valence-electron chi connectivity index (χ4n) is 0.837. The molecule has 0 aliphatic carbocycles. The number of nitrogens with zero attached hydrogens (tertiary/aromatic N) is 2. The fraction of sp³-hybridized carbons (Fsp3) is 0.375. The first-order valence-corrected chi connectivity index (χ1v) is 4.84. The normalized spacial score (nSPS) is 16.5. The molecule has 72 valence electrons. The average Bonchev–Trinajstić information content (AvgIpc) is 2.15. The van der Waals surface area contributed by atoms with Gasteiger partial charge in [-0.25, -0.2) is 5.06 Å². The van der Waals surface area contributed by atoms with Crippen LogP contribution >= 0.6 is 11.8 Å². The summed E-state index contributed by atoms with van der Waals surface area (Å²) in [5, 5.41) is 15.0. The Kier molecular flexibility index (Phi) is 4.42. The Morgan fingerprint density at radius 1 is 1.85 bits per heavy atom. The highest BCUT2D eigenvalue weighted by Gasteiger charge is 2.06. The molecule has 0 saturated carbocycles. The number of hydroxylamine groups is 2. The molecule has 1 aliphatic rings. The zero-order valence-corrected chi connectivity index (χ0v) is 8.20. The molecule has 13 heavy (non-hydrogen) atoms. The van der Waals surface area contributed by atoms with Crippen molar-refractivity contribution in [2.45, 2.75) is 0 Å². The number of allylic oxidation sites excluding steroid dienone is 2. The van der Waals surface area contributed by atoms with E-state index in [-0.39, 0.29) is 0 Å². The van der Waals surface area contributed by atoms with Gasteiger partial charge >= 0.3 is 0 Å². The zero-order valence-electron chi connectivity index (χ0n) is 7.38. The van der Waals surface area contributed by atoms with Crippen LogP contribution in [0.3, 0.4) is 0 Å². The second kappa shape index (κ2) is 5.66. The van der Waals surface area contributed by atoms with E-state index in [4.69, 9.17) is 0 Å². The Morgan fingerprint density at radius 3 is 3.38 bits per heavy atom. The molecule has 0 radical (unpaired) electrons. The summed E-state index contributed by atoms with van der Waals surface area (Å²) < 4.78 is 0. The second-order valence-corrected chi connectivity index (χ2v) is 3.34. The van der Waals surface area contributed by atoms with E-state index in [2.05, 4.69) is 9.99 Å². The molecule has 1 heterocycles. The van der Waals surface area contributed by atoms with Gasteiger partial charge < -0.3 is 4.84 Å². The maximum absolute atomic E-state index is 9.34. The topological polar surface area (TPSA) is 45.1 Å². The maximum Gasteiger partial charge on any atom is 0.106 e. The molecular weight excluding hydrogens is 188 g/mol. The SMILES string of the molecule is CO/N=C\CSC1=CC=CCN1O. The molecule has 1 N–H and O–H groups in total. The Morgan fingerprint density at radius 2 is 2.69 bits per heavy atom. The van der Waals surface area contributed by atoms with Gasteiger partial charge in [0.05, 0.1) is 17.8 Å². The van der Waals surface area contributed by atoms with E-state index in [1.54, 1.807) is 6.21 Å². The van der Waals surface area contributed by atoms with Crippen molar-refractivity contribution in [3.05, 3.63) is 23.3 Å². The standard InChI is InChI=1S/C8H12N2O2S/c1-12-9-5-7-13-8-4-2-3-6-10(8)11/h2-5,11H,6-7H2,1H3/b9-5-. The van der Waals surface area contributed by atoms with Crippen LogP contribution in [0.15, 0.2) is 28.4 Å². The van der Waals surface area contributed by atoms with Crippen LogP contribution < -0.4 is 0 Å². The molecule has 1 rings (SSSR count). The molecule has 0 atom stereocenters. The van der Waals surface area contributed by atoms with Gasteiger partial charge in [-0.3, -0.25) is 5.21 Å². The van der Waals surface area contributed by atoms with Gasteiger partial charge in [0.15, 0.2) is 0 Å². The van der Waals surface area contributed by atoms with Crippen LogP contribution in [0.4, 0.5) is 0 Å². The van der Waals surface area contributed by atoms with Crippen LogP contribution in [0.25, 0.3) is 0 Å². The summed E-state index contributed by atoms with van der Waals surface area (Å²) in [5.74, 6) is 0.685. The van der Waals surface area contributed by atoms with Crippen LogP contribution in [0.2, 0.25) is 0 Å². The first-order chi connectivity index (χ1) is 6.34. The van der Waals surface area contributed by atoms with E-state index in [1.165, 1.54) is 23.9 Å². The quantitative estimate of drug-likeness (QED) is 0.551. The molecule has 0 saturated heterocycles. The number of rotatable bonds is 4. The molecule has 4 nitrogen and oxygen atoms in total. The van der Waals surface area contributed by atoms with Crippen LogP contribution in [-0.2, 0) is 4.84 Å². The predicted molar refractivity (Wildman–Crippen MR) is 53.7 cm³/mol. The van der Waals surface area contributed by atoms with Gasteiger partial charge in [0.2, 0.25) is 0 Å². The van der Waals surface area contributed by atoms with Crippen LogP contribution in [-0.4, -0.2) is 35.9 Å². The first kappa shape index (κ1) is 10.1. The lowest BCUT2D eigenvalue weighted by atomic mass is 10.4. The zero-order chi connectivity index (χ0) is 9.52. The largest absolute Gasteiger partial charge is 0.399 e. The molecule has 0 unspecified atom stereocenters. The number of thioether (sulfide) groups is 1. The van der Waals surface area contributed by atoms with Gasteiger partial charge in [0.25, 0.3) is 0 Å². The number of hydrogen-bond donors (Lipinski definition) is 1. The van der Waals surface area contributed by atoms with E-state index in [0.717, 1.165) is 5.03 Å². The molecule has 5 heteroatoms. The van der Waals surface area contributed by atoms with Crippen molar-refractivity contribution in [1.82, 2.24) is 5.06 Å². The third-order valence-electron chi connectivity index (χ3n) is 1.39. The lowest BCUT2D eigenvalue weighted by molar-refractivity contribution is -0.0350. The number of hydrogen-bond acceptors (Lipinski definition) is 5. The fourth-order valence-corrected chi connectivity index (χ4v) is 1.54. The second-order valence-electron chi connectivity index (χ2n) is 2.30. The van der Waals surface area contributed by atoms with Crippen LogP contribution in [0.5, 0.6) is 0 Å². The predicted octanol–water partition coefficient (Wildman–Crippen LogP) is 1.45. The molecule has 0 bridgehead atoms. The molecule has 0 aromatic rings. The van der Waals surface area contributed by atoms with Crippen LogP contribution in [0, 0.1) is 0 Å². The summed E-state index contributed by atoms with van der Waals surface area (Å²) in [6, 6.07) is 0. The summed E-state index contributed by atoms with van der Waals surface area (Å²) in [4.78, 5) is 4.50. The van der Waals surface area contributed by atoms with E-state index >= 15 is 0 Å². The summed E-state index contributed by atoms with van der Waals surface area (Å²) in [6.45, 7) is 0.542. The monoisotopic (exact) mass is 200 g/mol. The van der Waals surface area contributed by atoms with Gasteiger partial charge in [0, 0.05) is 5.75 Å². The van der Waals surface area contributed by atoms with E-state index in [9.17, 15) is 5.21 Å². The van der Waals surface area contributed by atoms with Crippen molar-refractivity contribution >= 4 is 18.0 Å². The highest BCUT2D eigenvalue weighted by molar-refractivity contribution is 8.03. The number of oxime groups is 1. The Balaban J connectivity index is 2.31. The maximum atomic E-state index is 9.34. The summed E-state index contributed by atoms with van der Waals surface area (Å²) in [7, 11) is 1.50. The Bertz CT molecular complexity index is 238. The van der Waals surface area contributed by atoms with E-state index in [1.807, 2.05) is 18.2 Å².